The Balaban J connectivity index is 0.00000112. The number of carboxylic acids is 1. The molecule has 0 saturated carbocycles. The molecule has 0 radical (unpaired) electrons. The summed E-state index contributed by atoms with van der Waals surface area (Å²) in [5.41, 5.74) is 0. The van der Waals surface area contributed by atoms with Crippen LogP contribution < -0.4 is 56.5 Å². The van der Waals surface area contributed by atoms with Crippen LogP contribution >= 0.6 is 27.7 Å². The van der Waals surface area contributed by atoms with E-state index in [1.807, 2.05) is 13.8 Å². The van der Waals surface area contributed by atoms with E-state index in [1.165, 1.54) is 16.7 Å². The molecule has 2 rings (SSSR count). The number of carbonyl (C=O) groups is 2. The molecule has 0 bridgehead atoms. The SMILES string of the molecule is CC1(C)S[C@@H]2[C@H](Br)C(=O)N2[C@H]1C(=O)[O-].[K+]. The van der Waals surface area contributed by atoms with Gasteiger partial charge in [-0.2, -0.15) is 0 Å². The smallest absolute Gasteiger partial charge is 0.548 e. The van der Waals surface area contributed by atoms with Crippen LogP contribution in [-0.4, -0.2) is 37.8 Å². The molecule has 2 heterocycles. The van der Waals surface area contributed by atoms with Gasteiger partial charge in [0.05, 0.1) is 12.0 Å². The van der Waals surface area contributed by atoms with Gasteiger partial charge in [0.2, 0.25) is 5.91 Å². The average molecular weight is 318 g/mol. The minimum absolute atomic E-state index is 0. The van der Waals surface area contributed by atoms with Gasteiger partial charge in [-0.1, -0.05) is 15.9 Å². The summed E-state index contributed by atoms with van der Waals surface area (Å²) in [7, 11) is 0. The quantitative estimate of drug-likeness (QED) is 0.287. The standard InChI is InChI=1S/C8H10BrNO3S.K/c1-8(2)4(7(12)13)10-5(11)3(9)6(10)14-8;/h3-4,6H,1-2H3,(H,12,13);/q;+1/p-1/t3-,4+,6-;/m1./s1. The third kappa shape index (κ3) is 2.09. The maximum absolute atomic E-state index is 11.4. The minimum atomic E-state index is -1.17. The van der Waals surface area contributed by atoms with E-state index < -0.39 is 16.8 Å². The second-order valence-corrected chi connectivity index (χ2v) is 6.74. The summed E-state index contributed by atoms with van der Waals surface area (Å²) in [6.07, 6.45) is 0. The maximum atomic E-state index is 11.4. The molecule has 0 aromatic heterocycles. The number of β-lactam (4-membered cyclic amide) rings is 1. The average Bonchev–Trinajstić information content (AvgIpc) is 2.34. The van der Waals surface area contributed by atoms with Crippen LogP contribution in [0, 0.1) is 0 Å². The molecule has 2 saturated heterocycles. The third-order valence-electron chi connectivity index (χ3n) is 2.60. The fraction of sp³-hybridized carbons (Fsp3) is 0.750. The largest absolute Gasteiger partial charge is 1.00 e. The van der Waals surface area contributed by atoms with Gasteiger partial charge in [0.25, 0.3) is 0 Å². The molecule has 1 amide bonds. The van der Waals surface area contributed by atoms with Crippen molar-refractivity contribution in [2.75, 3.05) is 0 Å². The molecule has 0 unspecified atom stereocenters. The van der Waals surface area contributed by atoms with Crippen LogP contribution in [-0.2, 0) is 9.59 Å². The molecule has 3 atom stereocenters. The molecule has 2 aliphatic rings. The molecule has 4 nitrogen and oxygen atoms in total. The molecular formula is C8H9BrKNO3S. The summed E-state index contributed by atoms with van der Waals surface area (Å²) in [6, 6.07) is -0.807. The summed E-state index contributed by atoms with van der Waals surface area (Å²) >= 11 is 4.74. The number of halogens is 1. The predicted octanol–water partition coefficient (Wildman–Crippen LogP) is -3.43. The van der Waals surface area contributed by atoms with Crippen molar-refractivity contribution in [2.24, 2.45) is 0 Å². The first-order valence-electron chi connectivity index (χ1n) is 4.21. The first kappa shape index (κ1) is 14.5. The summed E-state index contributed by atoms with van der Waals surface area (Å²) in [4.78, 5) is 23.5. The van der Waals surface area contributed by atoms with E-state index in [0.29, 0.717) is 0 Å². The van der Waals surface area contributed by atoms with Crippen LogP contribution in [0.2, 0.25) is 0 Å². The number of carboxylic acid groups (broad SMARTS) is 1. The zero-order valence-electron chi connectivity index (χ0n) is 8.69. The normalized spacial score (nSPS) is 36.6. The van der Waals surface area contributed by atoms with Crippen molar-refractivity contribution in [1.82, 2.24) is 4.90 Å². The number of hydrogen-bond acceptors (Lipinski definition) is 4. The second-order valence-electron chi connectivity index (χ2n) is 3.98. The predicted molar refractivity (Wildman–Crippen MR) is 53.8 cm³/mol. The molecule has 2 fully saturated rings. The van der Waals surface area contributed by atoms with Gasteiger partial charge >= 0.3 is 51.4 Å². The Hall–Kier alpha value is 1.41. The maximum Gasteiger partial charge on any atom is 1.00 e. The summed E-state index contributed by atoms with van der Waals surface area (Å²) in [5.74, 6) is -1.32. The number of alkyl halides is 1. The van der Waals surface area contributed by atoms with E-state index in [4.69, 9.17) is 0 Å². The number of aliphatic carboxylic acids is 1. The van der Waals surface area contributed by atoms with Crippen LogP contribution in [0.4, 0.5) is 0 Å². The number of nitrogens with zero attached hydrogens (tertiary/aromatic N) is 1. The van der Waals surface area contributed by atoms with E-state index in [2.05, 4.69) is 15.9 Å². The van der Waals surface area contributed by atoms with Gasteiger partial charge in [-0.05, 0) is 13.8 Å². The Labute approximate surface area is 143 Å². The van der Waals surface area contributed by atoms with Crippen molar-refractivity contribution < 1.29 is 66.1 Å². The Morgan fingerprint density at radius 1 is 1.60 bits per heavy atom. The van der Waals surface area contributed by atoms with Crippen LogP contribution in [0.5, 0.6) is 0 Å². The van der Waals surface area contributed by atoms with Crippen molar-refractivity contribution in [3.63, 3.8) is 0 Å². The second kappa shape index (κ2) is 4.59. The van der Waals surface area contributed by atoms with Gasteiger partial charge in [-0.25, -0.2) is 0 Å². The number of hydrogen-bond donors (Lipinski definition) is 0. The van der Waals surface area contributed by atoms with Gasteiger partial charge < -0.3 is 14.8 Å². The third-order valence-corrected chi connectivity index (χ3v) is 5.41. The molecule has 0 aromatic rings. The van der Waals surface area contributed by atoms with E-state index >= 15 is 0 Å². The van der Waals surface area contributed by atoms with Gasteiger partial charge in [0, 0.05) is 4.75 Å². The van der Waals surface area contributed by atoms with Gasteiger partial charge in [0.1, 0.15) is 10.2 Å². The first-order chi connectivity index (χ1) is 6.36. The van der Waals surface area contributed by atoms with Crippen LogP contribution in [0.3, 0.4) is 0 Å². The van der Waals surface area contributed by atoms with Crippen molar-refractivity contribution >= 4 is 39.6 Å². The van der Waals surface area contributed by atoms with Crippen LogP contribution in [0.1, 0.15) is 13.8 Å². The Bertz CT molecular complexity index is 325. The van der Waals surface area contributed by atoms with E-state index in [9.17, 15) is 14.7 Å². The summed E-state index contributed by atoms with van der Waals surface area (Å²) in [6.45, 7) is 3.65. The topological polar surface area (TPSA) is 60.4 Å². The fourth-order valence-electron chi connectivity index (χ4n) is 1.95. The Morgan fingerprint density at radius 2 is 2.13 bits per heavy atom. The van der Waals surface area contributed by atoms with Crippen molar-refractivity contribution in [2.45, 2.75) is 34.8 Å². The van der Waals surface area contributed by atoms with Gasteiger partial charge in [0.15, 0.2) is 0 Å². The molecule has 78 valence electrons. The molecule has 7 heteroatoms. The fourth-order valence-corrected chi connectivity index (χ4v) is 4.30. The molecule has 15 heavy (non-hydrogen) atoms. The van der Waals surface area contributed by atoms with E-state index in [0.717, 1.165) is 0 Å². The molecule has 0 spiro atoms. The van der Waals surface area contributed by atoms with Crippen molar-refractivity contribution in [3.8, 4) is 0 Å². The first-order valence-corrected chi connectivity index (χ1v) is 6.01. The van der Waals surface area contributed by atoms with Crippen molar-refractivity contribution in [3.05, 3.63) is 0 Å². The molecular weight excluding hydrogens is 309 g/mol. The summed E-state index contributed by atoms with van der Waals surface area (Å²) < 4.78 is -0.471. The van der Waals surface area contributed by atoms with Gasteiger partial charge in [-0.15, -0.1) is 11.8 Å². The van der Waals surface area contributed by atoms with Crippen LogP contribution in [0.25, 0.3) is 0 Å². The van der Waals surface area contributed by atoms with Gasteiger partial charge in [-0.3, -0.25) is 4.79 Å². The molecule has 0 N–H and O–H groups in total. The Morgan fingerprint density at radius 3 is 2.60 bits per heavy atom. The molecule has 0 aliphatic carbocycles. The molecule has 2 aliphatic heterocycles. The number of fused-ring (bicyclic) bond motifs is 1. The zero-order chi connectivity index (χ0) is 10.7. The van der Waals surface area contributed by atoms with Crippen LogP contribution in [0.15, 0.2) is 0 Å². The Kier molecular flexibility index (Phi) is 4.42. The molecule has 0 aromatic carbocycles. The number of thioether (sulfide) groups is 1. The summed E-state index contributed by atoms with van der Waals surface area (Å²) in [5, 5.41) is 10.9. The minimum Gasteiger partial charge on any atom is -0.548 e. The number of carbonyl (C=O) groups excluding carboxylic acids is 2. The van der Waals surface area contributed by atoms with Crippen molar-refractivity contribution in [1.29, 1.82) is 0 Å². The van der Waals surface area contributed by atoms with E-state index in [-0.39, 0.29) is 67.5 Å². The number of rotatable bonds is 1. The van der Waals surface area contributed by atoms with E-state index in [1.54, 1.807) is 0 Å². The number of amides is 1. The monoisotopic (exact) mass is 317 g/mol. The zero-order valence-corrected chi connectivity index (χ0v) is 14.2.